The number of rotatable bonds is 6. The molecule has 6 heteroatoms. The largest absolute Gasteiger partial charge is 0.357 e. The fourth-order valence-corrected chi connectivity index (χ4v) is 4.97. The van der Waals surface area contributed by atoms with Crippen LogP contribution < -0.4 is 10.6 Å². The second kappa shape index (κ2) is 9.49. The lowest BCUT2D eigenvalue weighted by Gasteiger charge is -2.19. The maximum atomic E-state index is 10.5. The van der Waals surface area contributed by atoms with E-state index < -0.39 is 6.35 Å². The van der Waals surface area contributed by atoms with E-state index in [1.165, 1.54) is 16.0 Å². The van der Waals surface area contributed by atoms with Crippen molar-refractivity contribution in [2.24, 2.45) is 4.99 Å². The first-order chi connectivity index (χ1) is 15.7. The number of nitrogens with one attached hydrogen (secondary N) is 2. The highest BCUT2D eigenvalue weighted by atomic mass is 32.1. The van der Waals surface area contributed by atoms with Gasteiger partial charge in [-0.2, -0.15) is 0 Å². The summed E-state index contributed by atoms with van der Waals surface area (Å²) in [5, 5.41) is 17.9. The minimum absolute atomic E-state index is 0.0257. The number of aliphatic hydroxyl groups excluding tert-OH is 1. The zero-order chi connectivity index (χ0) is 23.6. The summed E-state index contributed by atoms with van der Waals surface area (Å²) in [6.45, 7) is 10.8. The summed E-state index contributed by atoms with van der Waals surface area (Å²) in [6.07, 6.45) is 3.87. The van der Waals surface area contributed by atoms with E-state index in [0.717, 1.165) is 34.1 Å². The van der Waals surface area contributed by atoms with Crippen LogP contribution in [0.2, 0.25) is 0 Å². The topological polar surface area (TPSA) is 69.5 Å². The van der Waals surface area contributed by atoms with Crippen LogP contribution in [0, 0.1) is 6.92 Å². The van der Waals surface area contributed by atoms with Gasteiger partial charge in [-0.15, -0.1) is 11.3 Å². The summed E-state index contributed by atoms with van der Waals surface area (Å²) in [5.41, 5.74) is 6.30. The molecule has 0 saturated heterocycles. The van der Waals surface area contributed by atoms with E-state index >= 15 is 0 Å². The van der Waals surface area contributed by atoms with Crippen LogP contribution in [-0.2, 0) is 5.41 Å². The average Bonchev–Trinajstić information content (AvgIpc) is 3.22. The Labute approximate surface area is 200 Å². The van der Waals surface area contributed by atoms with Crippen molar-refractivity contribution in [1.29, 1.82) is 0 Å². The highest BCUT2D eigenvalue weighted by Gasteiger charge is 2.28. The molecule has 5 nitrogen and oxygen atoms in total. The number of anilines is 2. The lowest BCUT2D eigenvalue weighted by Crippen LogP contribution is -2.27. The number of thiazole rings is 1. The average molecular weight is 461 g/mol. The molecule has 1 aliphatic heterocycles. The molecule has 0 radical (unpaired) electrons. The molecule has 1 aromatic heterocycles. The number of aliphatic hydroxyl groups is 1. The van der Waals surface area contributed by atoms with Crippen molar-refractivity contribution in [1.82, 2.24) is 4.98 Å². The fraction of sp³-hybridized carbons (Fsp3) is 0.333. The first-order valence-corrected chi connectivity index (χ1v) is 12.1. The fourth-order valence-electron chi connectivity index (χ4n) is 3.79. The van der Waals surface area contributed by atoms with Crippen molar-refractivity contribution in [2.45, 2.75) is 58.7 Å². The molecule has 2 unspecified atom stereocenters. The van der Waals surface area contributed by atoms with Crippen LogP contribution in [0.4, 0.5) is 11.4 Å². The number of allylic oxidation sites excluding steroid dienone is 1. The van der Waals surface area contributed by atoms with Gasteiger partial charge in [0.15, 0.2) is 0 Å². The molecular formula is C27H32N4OS. The van der Waals surface area contributed by atoms with E-state index in [2.05, 4.69) is 55.5 Å². The lowest BCUT2D eigenvalue weighted by atomic mass is 9.90. The Morgan fingerprint density at radius 3 is 2.45 bits per heavy atom. The highest BCUT2D eigenvalue weighted by Crippen LogP contribution is 2.42. The Kier molecular flexibility index (Phi) is 6.68. The Morgan fingerprint density at radius 2 is 1.76 bits per heavy atom. The number of nitrogens with zero attached hydrogens (tertiary/aromatic N) is 2. The van der Waals surface area contributed by atoms with Gasteiger partial charge in [0.1, 0.15) is 0 Å². The molecule has 172 valence electrons. The van der Waals surface area contributed by atoms with Crippen molar-refractivity contribution < 1.29 is 5.11 Å². The van der Waals surface area contributed by atoms with Crippen LogP contribution >= 0.6 is 11.3 Å². The molecule has 0 aliphatic carbocycles. The van der Waals surface area contributed by atoms with Crippen LogP contribution in [0.15, 0.2) is 65.3 Å². The molecule has 33 heavy (non-hydrogen) atoms. The molecule has 3 N–H and O–H groups in total. The van der Waals surface area contributed by atoms with E-state index in [9.17, 15) is 5.11 Å². The number of hydrogen-bond donors (Lipinski definition) is 3. The van der Waals surface area contributed by atoms with Crippen LogP contribution in [0.3, 0.4) is 0 Å². The molecule has 0 saturated carbocycles. The van der Waals surface area contributed by atoms with Crippen molar-refractivity contribution >= 4 is 28.9 Å². The maximum Gasteiger partial charge on any atom is 0.202 e. The third-order valence-corrected chi connectivity index (χ3v) is 7.23. The molecule has 4 rings (SSSR count). The van der Waals surface area contributed by atoms with Gasteiger partial charge in [0, 0.05) is 35.1 Å². The molecule has 2 heterocycles. The molecule has 0 fully saturated rings. The van der Waals surface area contributed by atoms with Gasteiger partial charge < -0.3 is 15.7 Å². The standard InChI is InChI=1S/C27H32N4OS/c1-17-9-11-20(12-10-17)29-26(32)30-21-8-6-7-19(15-21)24-23(22-13-14-28-16-18(22)2)31-25(33-24)27(3,4)5/h6-12,14-16,22,26,29-30,32H,13H2,1-5H3. The van der Waals surface area contributed by atoms with Crippen LogP contribution in [0.5, 0.6) is 0 Å². The maximum absolute atomic E-state index is 10.5. The minimum atomic E-state index is -0.909. The molecule has 1 aliphatic rings. The third kappa shape index (κ3) is 5.52. The Balaban J connectivity index is 1.62. The summed E-state index contributed by atoms with van der Waals surface area (Å²) in [6, 6.07) is 16.1. The predicted molar refractivity (Wildman–Crippen MR) is 140 cm³/mol. The zero-order valence-corrected chi connectivity index (χ0v) is 20.7. The quantitative estimate of drug-likeness (QED) is 0.359. The van der Waals surface area contributed by atoms with E-state index in [4.69, 9.17) is 4.98 Å². The van der Waals surface area contributed by atoms with Gasteiger partial charge in [0.25, 0.3) is 0 Å². The van der Waals surface area contributed by atoms with Crippen molar-refractivity contribution in [3.05, 3.63) is 76.6 Å². The molecule has 2 aromatic carbocycles. The molecule has 3 aromatic rings. The third-order valence-electron chi connectivity index (χ3n) is 5.68. The summed E-state index contributed by atoms with van der Waals surface area (Å²) < 4.78 is 0. The van der Waals surface area contributed by atoms with Crippen LogP contribution in [0.1, 0.15) is 56.3 Å². The van der Waals surface area contributed by atoms with E-state index in [1.807, 2.05) is 55.7 Å². The SMILES string of the molecule is CC1=CN=CCC1c1nc(C(C)(C)C)sc1-c1cccc(NC(O)Nc2ccc(C)cc2)c1. The van der Waals surface area contributed by atoms with Gasteiger partial charge >= 0.3 is 0 Å². The minimum Gasteiger partial charge on any atom is -0.357 e. The zero-order valence-electron chi connectivity index (χ0n) is 19.9. The highest BCUT2D eigenvalue weighted by molar-refractivity contribution is 7.15. The van der Waals surface area contributed by atoms with Gasteiger partial charge in [0.2, 0.25) is 6.35 Å². The molecule has 0 spiro atoms. The molecule has 0 bridgehead atoms. The monoisotopic (exact) mass is 460 g/mol. The molecule has 0 amide bonds. The number of benzene rings is 2. The number of aromatic nitrogens is 1. The van der Waals surface area contributed by atoms with Gasteiger partial charge in [-0.3, -0.25) is 4.99 Å². The summed E-state index contributed by atoms with van der Waals surface area (Å²) in [7, 11) is 0. The number of aryl methyl sites for hydroxylation is 1. The predicted octanol–water partition coefficient (Wildman–Crippen LogP) is 6.68. The van der Waals surface area contributed by atoms with Crippen LogP contribution in [-0.4, -0.2) is 22.7 Å². The van der Waals surface area contributed by atoms with E-state index in [-0.39, 0.29) is 11.3 Å². The van der Waals surface area contributed by atoms with Gasteiger partial charge in [0.05, 0.1) is 15.6 Å². The Morgan fingerprint density at radius 1 is 1.03 bits per heavy atom. The van der Waals surface area contributed by atoms with Gasteiger partial charge in [-0.25, -0.2) is 4.98 Å². The second-order valence-electron chi connectivity index (χ2n) is 9.61. The second-order valence-corrected chi connectivity index (χ2v) is 10.6. The lowest BCUT2D eigenvalue weighted by molar-refractivity contribution is 0.233. The Hall–Kier alpha value is -2.96. The summed E-state index contributed by atoms with van der Waals surface area (Å²) in [4.78, 5) is 10.6. The first kappa shape index (κ1) is 23.2. The Bertz CT molecular complexity index is 1170. The van der Waals surface area contributed by atoms with Gasteiger partial charge in [-0.1, -0.05) is 50.6 Å². The van der Waals surface area contributed by atoms with Crippen molar-refractivity contribution in [2.75, 3.05) is 10.6 Å². The van der Waals surface area contributed by atoms with Crippen molar-refractivity contribution in [3.8, 4) is 10.4 Å². The molecular weight excluding hydrogens is 428 g/mol. The summed E-state index contributed by atoms with van der Waals surface area (Å²) in [5.74, 6) is 0.232. The normalized spacial score (nSPS) is 16.9. The summed E-state index contributed by atoms with van der Waals surface area (Å²) >= 11 is 1.76. The van der Waals surface area contributed by atoms with Crippen LogP contribution in [0.25, 0.3) is 10.4 Å². The van der Waals surface area contributed by atoms with E-state index in [1.54, 1.807) is 11.3 Å². The smallest absolute Gasteiger partial charge is 0.202 e. The van der Waals surface area contributed by atoms with Crippen molar-refractivity contribution in [3.63, 3.8) is 0 Å². The first-order valence-electron chi connectivity index (χ1n) is 11.3. The number of aliphatic imine (C=N–C) groups is 1. The van der Waals surface area contributed by atoms with Gasteiger partial charge in [-0.05, 0) is 55.7 Å². The van der Waals surface area contributed by atoms with E-state index in [0.29, 0.717) is 0 Å². The molecule has 2 atom stereocenters. The number of hydrogen-bond acceptors (Lipinski definition) is 6.